The average Bonchev–Trinajstić information content (AvgIpc) is 3.15. The Kier molecular flexibility index (Phi) is 6.41. The van der Waals surface area contributed by atoms with E-state index in [0.717, 1.165) is 16.3 Å². The number of carbonyl (C=O) groups is 1. The molecule has 0 saturated heterocycles. The molecule has 7 nitrogen and oxygen atoms in total. The molecule has 7 heteroatoms. The van der Waals surface area contributed by atoms with E-state index in [9.17, 15) is 9.59 Å². The zero-order valence-corrected chi connectivity index (χ0v) is 21.0. The molecule has 1 aliphatic rings. The zero-order valence-electron chi connectivity index (χ0n) is 21.0. The average molecular weight is 487 g/mol. The Hall–Kier alpha value is -3.84. The second-order valence-corrected chi connectivity index (χ2v) is 9.11. The van der Waals surface area contributed by atoms with Crippen LogP contribution in [0.3, 0.4) is 0 Å². The number of likely N-dealkylation sites (N-methyl/N-ethyl adjacent to an activating group) is 1. The number of amides is 1. The molecule has 0 spiro atoms. The van der Waals surface area contributed by atoms with Crippen molar-refractivity contribution in [1.29, 1.82) is 0 Å². The van der Waals surface area contributed by atoms with Crippen LogP contribution < -0.4 is 14.9 Å². The lowest BCUT2D eigenvalue weighted by molar-refractivity contribution is 0.0716. The van der Waals surface area contributed by atoms with Gasteiger partial charge in [0, 0.05) is 18.5 Å². The van der Waals surface area contributed by atoms with Crippen molar-refractivity contribution >= 4 is 27.6 Å². The molecule has 1 atom stereocenters. The normalized spacial score (nSPS) is 15.2. The van der Waals surface area contributed by atoms with Crippen molar-refractivity contribution in [2.75, 3.05) is 40.4 Å². The van der Waals surface area contributed by atoms with Gasteiger partial charge in [-0.15, -0.1) is 0 Å². The van der Waals surface area contributed by atoms with E-state index in [4.69, 9.17) is 13.9 Å². The molecule has 1 aromatic heterocycles. The molecule has 0 bridgehead atoms. The molecular weight excluding hydrogens is 456 g/mol. The number of hydrogen-bond acceptors (Lipinski definition) is 6. The Bertz CT molecular complexity index is 1510. The maximum absolute atomic E-state index is 14.0. The quantitative estimate of drug-likeness (QED) is 0.332. The van der Waals surface area contributed by atoms with Gasteiger partial charge < -0.3 is 23.7 Å². The summed E-state index contributed by atoms with van der Waals surface area (Å²) in [6.07, 6.45) is 0. The Morgan fingerprint density at radius 2 is 1.67 bits per heavy atom. The molecule has 5 rings (SSSR count). The van der Waals surface area contributed by atoms with E-state index in [1.807, 2.05) is 81.4 Å². The summed E-state index contributed by atoms with van der Waals surface area (Å²) in [7, 11) is 3.91. The van der Waals surface area contributed by atoms with Crippen LogP contribution in [0.4, 0.5) is 0 Å². The number of rotatable bonds is 8. The highest BCUT2D eigenvalue weighted by atomic mass is 16.5. The minimum atomic E-state index is -0.588. The van der Waals surface area contributed by atoms with Gasteiger partial charge in [-0.05, 0) is 57.1 Å². The first-order valence-electron chi connectivity index (χ1n) is 12.3. The molecule has 4 aromatic rings. The van der Waals surface area contributed by atoms with Crippen molar-refractivity contribution < 1.29 is 18.7 Å². The van der Waals surface area contributed by atoms with E-state index in [0.29, 0.717) is 54.3 Å². The fourth-order valence-electron chi connectivity index (χ4n) is 4.87. The minimum absolute atomic E-state index is 0.111. The van der Waals surface area contributed by atoms with Crippen molar-refractivity contribution in [2.24, 2.45) is 0 Å². The first-order chi connectivity index (χ1) is 17.4. The zero-order chi connectivity index (χ0) is 25.4. The molecule has 2 heterocycles. The molecule has 186 valence electrons. The van der Waals surface area contributed by atoms with Crippen molar-refractivity contribution in [3.8, 4) is 11.5 Å². The molecule has 0 fully saturated rings. The van der Waals surface area contributed by atoms with Gasteiger partial charge in [0.1, 0.15) is 5.58 Å². The molecule has 1 aliphatic heterocycles. The summed E-state index contributed by atoms with van der Waals surface area (Å²) in [6, 6.07) is 16.4. The summed E-state index contributed by atoms with van der Waals surface area (Å²) in [5, 5.41) is 2.23. The van der Waals surface area contributed by atoms with E-state index in [-0.39, 0.29) is 17.1 Å². The lowest BCUT2D eigenvalue weighted by Gasteiger charge is -2.27. The molecule has 36 heavy (non-hydrogen) atoms. The van der Waals surface area contributed by atoms with Gasteiger partial charge in [0.15, 0.2) is 16.9 Å². The van der Waals surface area contributed by atoms with E-state index >= 15 is 0 Å². The third-order valence-corrected chi connectivity index (χ3v) is 6.53. The van der Waals surface area contributed by atoms with Crippen LogP contribution in [-0.4, -0.2) is 56.1 Å². The number of hydrogen-bond donors (Lipinski definition) is 0. The molecule has 1 amide bonds. The van der Waals surface area contributed by atoms with Gasteiger partial charge in [0.25, 0.3) is 5.91 Å². The first kappa shape index (κ1) is 23.9. The summed E-state index contributed by atoms with van der Waals surface area (Å²) in [6.45, 7) is 5.87. The molecule has 1 unspecified atom stereocenters. The van der Waals surface area contributed by atoms with Crippen molar-refractivity contribution in [2.45, 2.75) is 19.9 Å². The van der Waals surface area contributed by atoms with Gasteiger partial charge in [-0.25, -0.2) is 0 Å². The van der Waals surface area contributed by atoms with E-state index in [1.54, 1.807) is 11.0 Å². The third-order valence-electron chi connectivity index (χ3n) is 6.53. The number of carbonyl (C=O) groups excluding carboxylic acids is 1. The van der Waals surface area contributed by atoms with Crippen LogP contribution in [0.25, 0.3) is 21.7 Å². The second-order valence-electron chi connectivity index (χ2n) is 9.11. The van der Waals surface area contributed by atoms with E-state index in [1.165, 1.54) is 0 Å². The minimum Gasteiger partial charge on any atom is -0.490 e. The second kappa shape index (κ2) is 9.66. The van der Waals surface area contributed by atoms with Crippen molar-refractivity contribution in [3.05, 3.63) is 81.7 Å². The van der Waals surface area contributed by atoms with Crippen molar-refractivity contribution in [3.63, 3.8) is 0 Å². The van der Waals surface area contributed by atoms with Crippen LogP contribution in [-0.2, 0) is 0 Å². The molecule has 3 aromatic carbocycles. The van der Waals surface area contributed by atoms with Gasteiger partial charge >= 0.3 is 0 Å². The van der Waals surface area contributed by atoms with Crippen molar-refractivity contribution in [1.82, 2.24) is 9.80 Å². The van der Waals surface area contributed by atoms with Gasteiger partial charge in [-0.2, -0.15) is 0 Å². The predicted octanol–water partition coefficient (Wildman–Crippen LogP) is 4.85. The van der Waals surface area contributed by atoms with Crippen LogP contribution in [0, 0.1) is 0 Å². The first-order valence-corrected chi connectivity index (χ1v) is 12.3. The number of nitrogens with zero attached hydrogens (tertiary/aromatic N) is 2. The smallest absolute Gasteiger partial charge is 0.290 e. The number of ether oxygens (including phenoxy) is 2. The predicted molar refractivity (Wildman–Crippen MR) is 140 cm³/mol. The fraction of sp³-hybridized carbons (Fsp3) is 0.310. The Labute approximate surface area is 209 Å². The highest BCUT2D eigenvalue weighted by Gasteiger charge is 2.43. The van der Waals surface area contributed by atoms with Crippen LogP contribution in [0.15, 0.2) is 63.8 Å². The highest BCUT2D eigenvalue weighted by molar-refractivity contribution is 6.06. The fourth-order valence-corrected chi connectivity index (χ4v) is 4.87. The largest absolute Gasteiger partial charge is 0.490 e. The lowest BCUT2D eigenvalue weighted by atomic mass is 9.97. The molecule has 0 saturated carbocycles. The topological polar surface area (TPSA) is 72.2 Å². The monoisotopic (exact) mass is 486 g/mol. The van der Waals surface area contributed by atoms with Gasteiger partial charge in [0.2, 0.25) is 5.76 Å². The van der Waals surface area contributed by atoms with Crippen LogP contribution in [0.5, 0.6) is 11.5 Å². The summed E-state index contributed by atoms with van der Waals surface area (Å²) in [5.41, 5.74) is 1.41. The maximum Gasteiger partial charge on any atom is 0.290 e. The summed E-state index contributed by atoms with van der Waals surface area (Å²) >= 11 is 0. The van der Waals surface area contributed by atoms with Gasteiger partial charge in [-0.3, -0.25) is 9.59 Å². The van der Waals surface area contributed by atoms with Crippen LogP contribution >= 0.6 is 0 Å². The van der Waals surface area contributed by atoms with Gasteiger partial charge in [-0.1, -0.05) is 36.4 Å². The maximum atomic E-state index is 14.0. The van der Waals surface area contributed by atoms with E-state index < -0.39 is 6.04 Å². The third kappa shape index (κ3) is 3.99. The summed E-state index contributed by atoms with van der Waals surface area (Å²) in [4.78, 5) is 31.4. The van der Waals surface area contributed by atoms with Crippen LogP contribution in [0.2, 0.25) is 0 Å². The number of benzene rings is 3. The van der Waals surface area contributed by atoms with Crippen LogP contribution in [0.1, 0.15) is 41.6 Å². The molecular formula is C29H30N2O5. The Balaban J connectivity index is 1.74. The molecule has 0 aliphatic carbocycles. The lowest BCUT2D eigenvalue weighted by Crippen LogP contribution is -2.35. The Morgan fingerprint density at radius 3 is 2.42 bits per heavy atom. The van der Waals surface area contributed by atoms with Gasteiger partial charge in [0.05, 0.1) is 30.2 Å². The SMILES string of the molecule is CCOc1ccc(C2c3c(oc4c(ccc5ccccc54)c3=O)C(=O)N2CCN(C)C)cc1OCC. The standard InChI is InChI=1S/C29H30N2O5/c1-5-34-22-14-12-19(17-23(22)35-6-2)25-24-26(32)21-13-11-18-9-7-8-10-20(18)27(21)36-28(24)29(33)31(25)16-15-30(3)4/h7-14,17,25H,5-6,15-16H2,1-4H3. The molecule has 0 radical (unpaired) electrons. The summed E-state index contributed by atoms with van der Waals surface area (Å²) < 4.78 is 17.9. The molecule has 0 N–H and O–H groups in total. The highest BCUT2D eigenvalue weighted by Crippen LogP contribution is 2.41. The number of fused-ring (bicyclic) bond motifs is 4. The summed E-state index contributed by atoms with van der Waals surface area (Å²) in [5.74, 6) is 1.04. The Morgan fingerprint density at radius 1 is 0.917 bits per heavy atom. The van der Waals surface area contributed by atoms with E-state index in [2.05, 4.69) is 0 Å².